The van der Waals surface area contributed by atoms with Crippen LogP contribution < -0.4 is 4.74 Å². The lowest BCUT2D eigenvalue weighted by atomic mass is 10.3. The minimum Gasteiger partial charge on any atom is -0.482 e. The zero-order chi connectivity index (χ0) is 15.2. The summed E-state index contributed by atoms with van der Waals surface area (Å²) in [6.45, 7) is -0.385. The highest BCUT2D eigenvalue weighted by molar-refractivity contribution is 7.89. The van der Waals surface area contributed by atoms with Gasteiger partial charge in [-0.05, 0) is 24.3 Å². The van der Waals surface area contributed by atoms with Crippen LogP contribution in [0.4, 0.5) is 0 Å². The molecule has 0 saturated carbocycles. The van der Waals surface area contributed by atoms with Crippen LogP contribution in [0.1, 0.15) is 6.42 Å². The number of ether oxygens (including phenoxy) is 1. The van der Waals surface area contributed by atoms with Crippen molar-refractivity contribution in [2.75, 3.05) is 20.2 Å². The third kappa shape index (κ3) is 4.22. The third-order valence-corrected chi connectivity index (χ3v) is 4.30. The maximum absolute atomic E-state index is 12.1. The molecule has 20 heavy (non-hydrogen) atoms. The van der Waals surface area contributed by atoms with Gasteiger partial charge in [0.25, 0.3) is 0 Å². The molecule has 1 N–H and O–H groups in total. The molecule has 1 aromatic carbocycles. The SMILES string of the molecule is CN(CCC#N)S(=O)(=O)c1ccc(OCC(=O)O)cc1. The average molecular weight is 298 g/mol. The number of nitrogens with zero attached hydrogens (tertiary/aromatic N) is 2. The number of aliphatic carboxylic acids is 1. The first kappa shape index (κ1) is 15.9. The Morgan fingerprint density at radius 1 is 1.40 bits per heavy atom. The van der Waals surface area contributed by atoms with Crippen molar-refractivity contribution in [3.8, 4) is 11.8 Å². The normalized spacial score (nSPS) is 11.1. The second-order valence-electron chi connectivity index (χ2n) is 3.89. The van der Waals surface area contributed by atoms with Crippen molar-refractivity contribution >= 4 is 16.0 Å². The molecule has 0 saturated heterocycles. The Labute approximate surface area is 117 Å². The van der Waals surface area contributed by atoms with Crippen LogP contribution in [0.3, 0.4) is 0 Å². The summed E-state index contributed by atoms with van der Waals surface area (Å²) in [6.07, 6.45) is 0.107. The molecule has 0 unspecified atom stereocenters. The Balaban J connectivity index is 2.81. The first-order chi connectivity index (χ1) is 9.37. The Morgan fingerprint density at radius 2 is 2.00 bits per heavy atom. The van der Waals surface area contributed by atoms with E-state index in [9.17, 15) is 13.2 Å². The Kier molecular flexibility index (Phi) is 5.49. The molecule has 0 fully saturated rings. The number of hydrogen-bond acceptors (Lipinski definition) is 5. The maximum atomic E-state index is 12.1. The minimum absolute atomic E-state index is 0.0561. The van der Waals surface area contributed by atoms with Gasteiger partial charge in [0, 0.05) is 20.0 Å². The van der Waals surface area contributed by atoms with Gasteiger partial charge in [-0.25, -0.2) is 13.2 Å². The van der Waals surface area contributed by atoms with Crippen LogP contribution in [-0.4, -0.2) is 44.0 Å². The van der Waals surface area contributed by atoms with Crippen molar-refractivity contribution in [2.45, 2.75) is 11.3 Å². The topological polar surface area (TPSA) is 108 Å². The number of carboxylic acids is 1. The molecule has 0 aromatic heterocycles. The van der Waals surface area contributed by atoms with Gasteiger partial charge in [-0.1, -0.05) is 0 Å². The van der Waals surface area contributed by atoms with Crippen molar-refractivity contribution in [1.82, 2.24) is 4.31 Å². The van der Waals surface area contributed by atoms with Crippen LogP contribution in [0.25, 0.3) is 0 Å². The van der Waals surface area contributed by atoms with E-state index in [2.05, 4.69) is 0 Å². The van der Waals surface area contributed by atoms with Gasteiger partial charge in [0.2, 0.25) is 10.0 Å². The van der Waals surface area contributed by atoms with Crippen LogP contribution in [0.5, 0.6) is 5.75 Å². The summed E-state index contributed by atoms with van der Waals surface area (Å²) < 4.78 is 30.2. The van der Waals surface area contributed by atoms with Crippen LogP contribution >= 0.6 is 0 Å². The monoisotopic (exact) mass is 298 g/mol. The minimum atomic E-state index is -3.65. The Hall–Kier alpha value is -2.11. The molecule has 108 valence electrons. The standard InChI is InChI=1S/C12H14N2O5S/c1-14(8-2-7-13)20(17,18)11-5-3-10(4-6-11)19-9-12(15)16/h3-6H,2,8-9H2,1H3,(H,15,16). The summed E-state index contributed by atoms with van der Waals surface area (Å²) in [5, 5.41) is 16.9. The second-order valence-corrected chi connectivity index (χ2v) is 5.93. The highest BCUT2D eigenvalue weighted by Gasteiger charge is 2.20. The fourth-order valence-electron chi connectivity index (χ4n) is 1.36. The average Bonchev–Trinajstić information content (AvgIpc) is 2.42. The maximum Gasteiger partial charge on any atom is 0.341 e. The fourth-order valence-corrected chi connectivity index (χ4v) is 2.53. The number of nitriles is 1. The number of hydrogen-bond donors (Lipinski definition) is 1. The smallest absolute Gasteiger partial charge is 0.341 e. The van der Waals surface area contributed by atoms with Crippen molar-refractivity contribution in [1.29, 1.82) is 5.26 Å². The number of carbonyl (C=O) groups is 1. The van der Waals surface area contributed by atoms with Crippen LogP contribution in [-0.2, 0) is 14.8 Å². The highest BCUT2D eigenvalue weighted by atomic mass is 32.2. The van der Waals surface area contributed by atoms with Gasteiger partial charge in [-0.3, -0.25) is 0 Å². The first-order valence-corrected chi connectivity index (χ1v) is 7.10. The predicted molar refractivity (Wildman–Crippen MR) is 69.6 cm³/mol. The summed E-state index contributed by atoms with van der Waals surface area (Å²) in [5.41, 5.74) is 0. The summed E-state index contributed by atoms with van der Waals surface area (Å²) in [5.74, 6) is -0.844. The van der Waals surface area contributed by atoms with Gasteiger partial charge in [0.15, 0.2) is 6.61 Å². The van der Waals surface area contributed by atoms with Gasteiger partial charge in [-0.15, -0.1) is 0 Å². The van der Waals surface area contributed by atoms with E-state index in [0.29, 0.717) is 0 Å². The van der Waals surface area contributed by atoms with Gasteiger partial charge in [0.05, 0.1) is 11.0 Å². The summed E-state index contributed by atoms with van der Waals surface area (Å²) >= 11 is 0. The number of benzene rings is 1. The molecule has 0 heterocycles. The van der Waals surface area contributed by atoms with E-state index in [1.54, 1.807) is 0 Å². The molecule has 1 aromatic rings. The zero-order valence-electron chi connectivity index (χ0n) is 10.8. The molecule has 1 rings (SSSR count). The van der Waals surface area contributed by atoms with E-state index in [1.807, 2.05) is 6.07 Å². The fraction of sp³-hybridized carbons (Fsp3) is 0.333. The van der Waals surface area contributed by atoms with Crippen LogP contribution in [0.2, 0.25) is 0 Å². The lowest BCUT2D eigenvalue weighted by molar-refractivity contribution is -0.139. The quantitative estimate of drug-likeness (QED) is 0.793. The third-order valence-electron chi connectivity index (χ3n) is 2.43. The predicted octanol–water partition coefficient (Wildman–Crippen LogP) is 0.684. The van der Waals surface area contributed by atoms with E-state index >= 15 is 0 Å². The zero-order valence-corrected chi connectivity index (χ0v) is 11.6. The lowest BCUT2D eigenvalue weighted by Crippen LogP contribution is -2.27. The second kappa shape index (κ2) is 6.88. The number of rotatable bonds is 7. The van der Waals surface area contributed by atoms with Crippen LogP contribution in [0.15, 0.2) is 29.2 Å². The van der Waals surface area contributed by atoms with Crippen LogP contribution in [0, 0.1) is 11.3 Å². The van der Waals surface area contributed by atoms with Gasteiger partial charge >= 0.3 is 5.97 Å². The molecular weight excluding hydrogens is 284 g/mol. The molecule has 0 bridgehead atoms. The summed E-state index contributed by atoms with van der Waals surface area (Å²) in [6, 6.07) is 7.30. The van der Waals surface area contributed by atoms with E-state index in [1.165, 1.54) is 31.3 Å². The van der Waals surface area contributed by atoms with Crippen molar-refractivity contribution in [3.63, 3.8) is 0 Å². The molecule has 0 amide bonds. The molecule has 0 atom stereocenters. The Morgan fingerprint density at radius 3 is 2.50 bits per heavy atom. The van der Waals surface area contributed by atoms with Gasteiger partial charge in [0.1, 0.15) is 5.75 Å². The van der Waals surface area contributed by atoms with E-state index in [-0.39, 0.29) is 23.6 Å². The van der Waals surface area contributed by atoms with Gasteiger partial charge in [-0.2, -0.15) is 9.57 Å². The molecule has 0 aliphatic heterocycles. The van der Waals surface area contributed by atoms with Crippen molar-refractivity contribution in [3.05, 3.63) is 24.3 Å². The molecule has 7 nitrogen and oxygen atoms in total. The van der Waals surface area contributed by atoms with Crippen molar-refractivity contribution < 1.29 is 23.1 Å². The Bertz CT molecular complexity index is 604. The van der Waals surface area contributed by atoms with E-state index in [4.69, 9.17) is 15.1 Å². The summed E-state index contributed by atoms with van der Waals surface area (Å²) in [4.78, 5) is 10.4. The molecule has 0 spiro atoms. The number of sulfonamides is 1. The van der Waals surface area contributed by atoms with E-state index in [0.717, 1.165) is 4.31 Å². The molecular formula is C12H14N2O5S. The van der Waals surface area contributed by atoms with Crippen molar-refractivity contribution in [2.24, 2.45) is 0 Å². The van der Waals surface area contributed by atoms with E-state index < -0.39 is 22.6 Å². The molecule has 0 radical (unpaired) electrons. The molecule has 8 heteroatoms. The summed E-state index contributed by atoms with van der Waals surface area (Å²) in [7, 11) is -2.26. The largest absolute Gasteiger partial charge is 0.482 e. The lowest BCUT2D eigenvalue weighted by Gasteiger charge is -2.15. The highest BCUT2D eigenvalue weighted by Crippen LogP contribution is 2.18. The molecule has 0 aliphatic rings. The first-order valence-electron chi connectivity index (χ1n) is 5.66. The number of carboxylic acid groups (broad SMARTS) is 1. The molecule has 0 aliphatic carbocycles. The van der Waals surface area contributed by atoms with Gasteiger partial charge < -0.3 is 9.84 Å².